The number of nitrogens with one attached hydrogen (secondary N) is 2. The number of hydrogen-bond acceptors (Lipinski definition) is 4. The van der Waals surface area contributed by atoms with E-state index < -0.39 is 6.10 Å². The van der Waals surface area contributed by atoms with Crippen molar-refractivity contribution in [3.8, 4) is 11.8 Å². The Kier molecular flexibility index (Phi) is 5.53. The molecule has 0 fully saturated rings. The van der Waals surface area contributed by atoms with Gasteiger partial charge in [-0.15, -0.1) is 0 Å². The fraction of sp³-hybridized carbons (Fsp3) is 0.167. The van der Waals surface area contributed by atoms with Crippen LogP contribution >= 0.6 is 0 Å². The molecule has 0 unspecified atom stereocenters. The lowest BCUT2D eigenvalue weighted by atomic mass is 10.2. The van der Waals surface area contributed by atoms with Gasteiger partial charge in [0, 0.05) is 18.3 Å². The van der Waals surface area contributed by atoms with E-state index in [9.17, 15) is 9.59 Å². The Balaban J connectivity index is 1.93. The molecule has 0 saturated heterocycles. The highest BCUT2D eigenvalue weighted by molar-refractivity contribution is 5.94. The van der Waals surface area contributed by atoms with Crippen LogP contribution in [0, 0.1) is 11.3 Å². The first-order chi connectivity index (χ1) is 11.5. The summed E-state index contributed by atoms with van der Waals surface area (Å²) in [4.78, 5) is 23.1. The first-order valence-electron chi connectivity index (χ1n) is 7.33. The Morgan fingerprint density at radius 3 is 2.08 bits per heavy atom. The minimum atomic E-state index is -0.702. The van der Waals surface area contributed by atoms with Gasteiger partial charge in [-0.3, -0.25) is 9.59 Å². The van der Waals surface area contributed by atoms with Gasteiger partial charge in [0.25, 0.3) is 5.91 Å². The molecule has 0 aromatic heterocycles. The van der Waals surface area contributed by atoms with Gasteiger partial charge in [-0.1, -0.05) is 0 Å². The quantitative estimate of drug-likeness (QED) is 0.885. The van der Waals surface area contributed by atoms with E-state index in [1.54, 1.807) is 55.5 Å². The second-order valence-corrected chi connectivity index (χ2v) is 5.14. The molecule has 0 saturated carbocycles. The fourth-order valence-corrected chi connectivity index (χ4v) is 1.95. The van der Waals surface area contributed by atoms with Crippen molar-refractivity contribution in [2.45, 2.75) is 20.0 Å². The highest BCUT2D eigenvalue weighted by Gasteiger charge is 2.15. The second kappa shape index (κ2) is 7.79. The zero-order valence-electron chi connectivity index (χ0n) is 13.4. The number of ether oxygens (including phenoxy) is 1. The fourth-order valence-electron chi connectivity index (χ4n) is 1.95. The summed E-state index contributed by atoms with van der Waals surface area (Å²) in [6, 6.07) is 15.3. The normalized spacial score (nSPS) is 11.0. The maximum Gasteiger partial charge on any atom is 0.265 e. The van der Waals surface area contributed by atoms with Crippen molar-refractivity contribution < 1.29 is 14.3 Å². The molecule has 0 bridgehead atoms. The lowest BCUT2D eigenvalue weighted by molar-refractivity contribution is -0.122. The Labute approximate surface area is 140 Å². The highest BCUT2D eigenvalue weighted by Crippen LogP contribution is 2.17. The van der Waals surface area contributed by atoms with E-state index in [0.717, 1.165) is 0 Å². The topological polar surface area (TPSA) is 91.2 Å². The second-order valence-electron chi connectivity index (χ2n) is 5.14. The molecular weight excluding hydrogens is 306 g/mol. The minimum absolute atomic E-state index is 0.154. The van der Waals surface area contributed by atoms with E-state index in [2.05, 4.69) is 10.6 Å². The van der Waals surface area contributed by atoms with Crippen molar-refractivity contribution in [2.24, 2.45) is 0 Å². The molecule has 0 aliphatic carbocycles. The zero-order chi connectivity index (χ0) is 17.5. The Morgan fingerprint density at radius 2 is 1.54 bits per heavy atom. The smallest absolute Gasteiger partial charge is 0.265 e. The van der Waals surface area contributed by atoms with Crippen molar-refractivity contribution in [3.63, 3.8) is 0 Å². The molecule has 2 rings (SSSR count). The molecule has 2 amide bonds. The number of rotatable bonds is 5. The van der Waals surface area contributed by atoms with Crippen LogP contribution in [-0.2, 0) is 9.59 Å². The van der Waals surface area contributed by atoms with Crippen LogP contribution in [0.25, 0.3) is 0 Å². The number of carbonyl (C=O) groups is 2. The van der Waals surface area contributed by atoms with E-state index in [0.29, 0.717) is 22.7 Å². The Bertz CT molecular complexity index is 762. The number of amides is 2. The van der Waals surface area contributed by atoms with Crippen LogP contribution in [0.3, 0.4) is 0 Å². The van der Waals surface area contributed by atoms with Crippen molar-refractivity contribution in [2.75, 3.05) is 10.6 Å². The summed E-state index contributed by atoms with van der Waals surface area (Å²) in [6.07, 6.45) is -0.702. The Morgan fingerprint density at radius 1 is 1.00 bits per heavy atom. The number of hydrogen-bond donors (Lipinski definition) is 2. The van der Waals surface area contributed by atoms with E-state index in [4.69, 9.17) is 10.00 Å². The summed E-state index contributed by atoms with van der Waals surface area (Å²) < 4.78 is 5.58. The average molecular weight is 323 g/mol. The van der Waals surface area contributed by atoms with E-state index >= 15 is 0 Å². The van der Waals surface area contributed by atoms with Gasteiger partial charge in [0.1, 0.15) is 5.75 Å². The number of anilines is 2. The molecule has 2 aromatic rings. The van der Waals surface area contributed by atoms with Crippen LogP contribution in [0.4, 0.5) is 11.4 Å². The predicted octanol–water partition coefficient (Wildman–Crippen LogP) is 2.92. The van der Waals surface area contributed by atoms with Crippen LogP contribution in [0.5, 0.6) is 5.75 Å². The van der Waals surface area contributed by atoms with Crippen molar-refractivity contribution in [1.82, 2.24) is 0 Å². The molecule has 122 valence electrons. The molecule has 1 atom stereocenters. The maximum atomic E-state index is 12.1. The molecule has 6 heteroatoms. The van der Waals surface area contributed by atoms with Gasteiger partial charge in [0.05, 0.1) is 11.6 Å². The van der Waals surface area contributed by atoms with Gasteiger partial charge in [0.2, 0.25) is 5.91 Å². The van der Waals surface area contributed by atoms with Crippen LogP contribution < -0.4 is 15.4 Å². The summed E-state index contributed by atoms with van der Waals surface area (Å²) in [7, 11) is 0. The van der Waals surface area contributed by atoms with Crippen molar-refractivity contribution >= 4 is 23.2 Å². The molecule has 0 spiro atoms. The van der Waals surface area contributed by atoms with E-state index in [-0.39, 0.29) is 11.8 Å². The summed E-state index contributed by atoms with van der Waals surface area (Å²) in [6.45, 7) is 3.07. The van der Waals surface area contributed by atoms with E-state index in [1.807, 2.05) is 6.07 Å². The van der Waals surface area contributed by atoms with Crippen LogP contribution in [0.2, 0.25) is 0 Å². The third kappa shape index (κ3) is 4.85. The monoisotopic (exact) mass is 323 g/mol. The van der Waals surface area contributed by atoms with Gasteiger partial charge in [0.15, 0.2) is 6.10 Å². The van der Waals surface area contributed by atoms with Gasteiger partial charge in [-0.05, 0) is 55.5 Å². The summed E-state index contributed by atoms with van der Waals surface area (Å²) in [5.41, 5.74) is 1.77. The molecule has 2 aromatic carbocycles. The van der Waals surface area contributed by atoms with Gasteiger partial charge < -0.3 is 15.4 Å². The molecule has 0 aliphatic heterocycles. The van der Waals surface area contributed by atoms with Crippen molar-refractivity contribution in [3.05, 3.63) is 54.1 Å². The number of nitrogens with zero attached hydrogens (tertiary/aromatic N) is 1. The molecule has 0 radical (unpaired) electrons. The van der Waals surface area contributed by atoms with Gasteiger partial charge in [-0.25, -0.2) is 0 Å². The first-order valence-corrected chi connectivity index (χ1v) is 7.33. The third-order valence-electron chi connectivity index (χ3n) is 3.14. The maximum absolute atomic E-state index is 12.1. The van der Waals surface area contributed by atoms with Gasteiger partial charge >= 0.3 is 0 Å². The first kappa shape index (κ1) is 17.0. The summed E-state index contributed by atoms with van der Waals surface area (Å²) in [5.74, 6) is 0.0658. The standard InChI is InChI=1S/C18H17N3O3/c1-12(18(23)21-16-5-3-14(11-19)4-6-16)24-17-9-7-15(8-10-17)20-13(2)22/h3-10,12H,1-2H3,(H,20,22)(H,21,23)/t12-/m0/s1. The van der Waals surface area contributed by atoms with Crippen LogP contribution in [0.15, 0.2) is 48.5 Å². The predicted molar refractivity (Wildman–Crippen MR) is 90.6 cm³/mol. The lowest BCUT2D eigenvalue weighted by Gasteiger charge is -2.15. The molecule has 0 aliphatic rings. The largest absolute Gasteiger partial charge is 0.481 e. The molecule has 24 heavy (non-hydrogen) atoms. The van der Waals surface area contributed by atoms with E-state index in [1.165, 1.54) is 6.92 Å². The Hall–Kier alpha value is -3.33. The number of benzene rings is 2. The minimum Gasteiger partial charge on any atom is -0.481 e. The molecular formula is C18H17N3O3. The summed E-state index contributed by atoms with van der Waals surface area (Å²) in [5, 5.41) is 14.1. The summed E-state index contributed by atoms with van der Waals surface area (Å²) >= 11 is 0. The third-order valence-corrected chi connectivity index (χ3v) is 3.14. The van der Waals surface area contributed by atoms with Gasteiger partial charge in [-0.2, -0.15) is 5.26 Å². The van der Waals surface area contributed by atoms with Crippen LogP contribution in [0.1, 0.15) is 19.4 Å². The number of carbonyl (C=O) groups excluding carboxylic acids is 2. The van der Waals surface area contributed by atoms with Crippen molar-refractivity contribution in [1.29, 1.82) is 5.26 Å². The lowest BCUT2D eigenvalue weighted by Crippen LogP contribution is -2.30. The molecule has 0 heterocycles. The molecule has 6 nitrogen and oxygen atoms in total. The zero-order valence-corrected chi connectivity index (χ0v) is 13.4. The SMILES string of the molecule is CC(=O)Nc1ccc(O[C@@H](C)C(=O)Nc2ccc(C#N)cc2)cc1. The molecule has 2 N–H and O–H groups in total. The van der Waals surface area contributed by atoms with Crippen LogP contribution in [-0.4, -0.2) is 17.9 Å². The number of nitriles is 1. The highest BCUT2D eigenvalue weighted by atomic mass is 16.5. The average Bonchev–Trinajstić information content (AvgIpc) is 2.56.